The predicted molar refractivity (Wildman–Crippen MR) is 79.5 cm³/mol. The highest BCUT2D eigenvalue weighted by Crippen LogP contribution is 2.28. The lowest BCUT2D eigenvalue weighted by atomic mass is 9.98. The molecule has 2 rings (SSSR count). The molecule has 1 aromatic heterocycles. The van der Waals surface area contributed by atoms with Crippen molar-refractivity contribution in [1.82, 2.24) is 4.98 Å². The lowest BCUT2D eigenvalue weighted by Crippen LogP contribution is -2.05. The van der Waals surface area contributed by atoms with E-state index in [2.05, 4.69) is 37.0 Å². The molecule has 0 spiro atoms. The van der Waals surface area contributed by atoms with E-state index in [1.54, 1.807) is 0 Å². The van der Waals surface area contributed by atoms with Crippen molar-refractivity contribution in [2.24, 2.45) is 0 Å². The Labute approximate surface area is 115 Å². The average molecular weight is 255 g/mol. The molecule has 2 aromatic rings. The lowest BCUT2D eigenvalue weighted by molar-refractivity contribution is 0.242. The summed E-state index contributed by atoms with van der Waals surface area (Å²) >= 11 is 0. The molecule has 0 saturated heterocycles. The van der Waals surface area contributed by atoms with Gasteiger partial charge in [-0.05, 0) is 43.5 Å². The summed E-state index contributed by atoms with van der Waals surface area (Å²) in [4.78, 5) is 4.49. The van der Waals surface area contributed by atoms with Gasteiger partial charge in [0, 0.05) is 11.8 Å². The molecular formula is C17H21NO. The van der Waals surface area contributed by atoms with Crippen LogP contribution in [0.3, 0.4) is 0 Å². The maximum absolute atomic E-state index is 5.67. The van der Waals surface area contributed by atoms with Crippen molar-refractivity contribution in [2.75, 3.05) is 0 Å². The van der Waals surface area contributed by atoms with Crippen LogP contribution in [0.2, 0.25) is 0 Å². The number of hydrogen-bond donors (Lipinski definition) is 0. The quantitative estimate of drug-likeness (QED) is 0.792. The van der Waals surface area contributed by atoms with E-state index in [1.165, 1.54) is 11.1 Å². The number of benzene rings is 1. The zero-order valence-electron chi connectivity index (χ0n) is 12.1. The summed E-state index contributed by atoms with van der Waals surface area (Å²) in [5, 5.41) is 0. The summed E-state index contributed by atoms with van der Waals surface area (Å²) < 4.78 is 5.67. The van der Waals surface area contributed by atoms with Gasteiger partial charge in [-0.25, -0.2) is 0 Å². The fraction of sp³-hybridized carbons (Fsp3) is 0.353. The van der Waals surface area contributed by atoms with Crippen LogP contribution in [0.25, 0.3) is 11.1 Å². The third-order valence-electron chi connectivity index (χ3n) is 2.92. The van der Waals surface area contributed by atoms with Gasteiger partial charge in [0.2, 0.25) is 0 Å². The van der Waals surface area contributed by atoms with E-state index in [0.717, 1.165) is 11.4 Å². The van der Waals surface area contributed by atoms with E-state index in [0.29, 0.717) is 5.92 Å². The molecule has 0 unspecified atom stereocenters. The molecule has 0 amide bonds. The molecule has 19 heavy (non-hydrogen) atoms. The number of hydrogen-bond acceptors (Lipinski definition) is 2. The topological polar surface area (TPSA) is 22.1 Å². The summed E-state index contributed by atoms with van der Waals surface area (Å²) in [6, 6.07) is 12.3. The van der Waals surface area contributed by atoms with E-state index in [4.69, 9.17) is 4.74 Å². The summed E-state index contributed by atoms with van der Waals surface area (Å²) in [7, 11) is 0. The summed E-state index contributed by atoms with van der Waals surface area (Å²) in [5.41, 5.74) is 3.53. The van der Waals surface area contributed by atoms with Crippen LogP contribution >= 0.6 is 0 Å². The predicted octanol–water partition coefficient (Wildman–Crippen LogP) is 4.66. The van der Waals surface area contributed by atoms with Crippen molar-refractivity contribution >= 4 is 0 Å². The molecule has 0 aliphatic carbocycles. The first-order valence-electron chi connectivity index (χ1n) is 6.80. The Morgan fingerprint density at radius 2 is 1.63 bits per heavy atom. The van der Waals surface area contributed by atoms with Crippen molar-refractivity contribution in [3.63, 3.8) is 0 Å². The Balaban J connectivity index is 2.32. The number of aromatic nitrogens is 1. The van der Waals surface area contributed by atoms with Crippen LogP contribution in [-0.2, 0) is 0 Å². The van der Waals surface area contributed by atoms with Gasteiger partial charge in [0.15, 0.2) is 0 Å². The average Bonchev–Trinajstić information content (AvgIpc) is 2.39. The molecule has 1 heterocycles. The summed E-state index contributed by atoms with van der Waals surface area (Å²) in [6.07, 6.45) is 2.06. The molecule has 0 radical (unpaired) electrons. The first-order chi connectivity index (χ1) is 9.08. The Bertz CT molecular complexity index is 529. The fourth-order valence-electron chi connectivity index (χ4n) is 2.11. The second-order valence-electron chi connectivity index (χ2n) is 5.28. The largest absolute Gasteiger partial charge is 0.491 e. The second kappa shape index (κ2) is 5.87. The molecule has 0 aliphatic heterocycles. The molecule has 1 aromatic carbocycles. The summed E-state index contributed by atoms with van der Waals surface area (Å²) in [6.45, 7) is 8.40. The van der Waals surface area contributed by atoms with Crippen LogP contribution in [-0.4, -0.2) is 11.1 Å². The van der Waals surface area contributed by atoms with Crippen LogP contribution in [0.5, 0.6) is 5.75 Å². The zero-order chi connectivity index (χ0) is 13.8. The van der Waals surface area contributed by atoms with Crippen LogP contribution in [0.1, 0.15) is 39.3 Å². The van der Waals surface area contributed by atoms with Crippen molar-refractivity contribution < 1.29 is 4.74 Å². The normalized spacial score (nSPS) is 11.1. The number of pyridine rings is 1. The van der Waals surface area contributed by atoms with Gasteiger partial charge in [-0.3, -0.25) is 4.98 Å². The van der Waals surface area contributed by atoms with E-state index in [9.17, 15) is 0 Å². The highest BCUT2D eigenvalue weighted by Gasteiger charge is 2.09. The molecule has 0 atom stereocenters. The molecule has 0 saturated carbocycles. The first-order valence-corrected chi connectivity index (χ1v) is 6.80. The van der Waals surface area contributed by atoms with Crippen LogP contribution in [0, 0.1) is 0 Å². The van der Waals surface area contributed by atoms with Crippen molar-refractivity contribution in [2.45, 2.75) is 39.7 Å². The third-order valence-corrected chi connectivity index (χ3v) is 2.92. The molecular weight excluding hydrogens is 234 g/mol. The van der Waals surface area contributed by atoms with Gasteiger partial charge in [-0.2, -0.15) is 0 Å². The van der Waals surface area contributed by atoms with Crippen molar-refractivity contribution in [1.29, 1.82) is 0 Å². The minimum Gasteiger partial charge on any atom is -0.491 e. The van der Waals surface area contributed by atoms with E-state index in [-0.39, 0.29) is 6.10 Å². The Kier molecular flexibility index (Phi) is 4.20. The third kappa shape index (κ3) is 3.34. The number of nitrogens with zero attached hydrogens (tertiary/aromatic N) is 1. The fourth-order valence-corrected chi connectivity index (χ4v) is 2.11. The van der Waals surface area contributed by atoms with E-state index >= 15 is 0 Å². The number of ether oxygens (including phenoxy) is 1. The van der Waals surface area contributed by atoms with Gasteiger partial charge in [-0.15, -0.1) is 0 Å². The minimum atomic E-state index is 0.204. The maximum Gasteiger partial charge on any atom is 0.119 e. The SMILES string of the molecule is CC(C)Oc1ccc(-c2cccnc2C(C)C)cc1. The van der Waals surface area contributed by atoms with Gasteiger partial charge >= 0.3 is 0 Å². The van der Waals surface area contributed by atoms with Gasteiger partial charge in [0.25, 0.3) is 0 Å². The Morgan fingerprint density at radius 3 is 2.21 bits per heavy atom. The Hall–Kier alpha value is -1.83. The molecule has 0 bridgehead atoms. The van der Waals surface area contributed by atoms with E-state index < -0.39 is 0 Å². The highest BCUT2D eigenvalue weighted by molar-refractivity contribution is 5.67. The molecule has 0 fully saturated rings. The first kappa shape index (κ1) is 13.6. The standard InChI is InChI=1S/C17H21NO/c1-12(2)17-16(6-5-11-18-17)14-7-9-15(10-8-14)19-13(3)4/h5-13H,1-4H3. The van der Waals surface area contributed by atoms with Gasteiger partial charge in [0.1, 0.15) is 5.75 Å². The molecule has 0 aliphatic rings. The number of rotatable bonds is 4. The van der Waals surface area contributed by atoms with Gasteiger partial charge < -0.3 is 4.74 Å². The maximum atomic E-state index is 5.67. The second-order valence-corrected chi connectivity index (χ2v) is 5.28. The smallest absolute Gasteiger partial charge is 0.119 e. The van der Waals surface area contributed by atoms with Gasteiger partial charge in [-0.1, -0.05) is 32.0 Å². The van der Waals surface area contributed by atoms with Gasteiger partial charge in [0.05, 0.1) is 11.8 Å². The molecule has 2 heteroatoms. The zero-order valence-corrected chi connectivity index (χ0v) is 12.1. The van der Waals surface area contributed by atoms with Crippen LogP contribution in [0.4, 0.5) is 0 Å². The van der Waals surface area contributed by atoms with E-state index in [1.807, 2.05) is 38.2 Å². The molecule has 100 valence electrons. The van der Waals surface area contributed by atoms with Crippen LogP contribution in [0.15, 0.2) is 42.6 Å². The Morgan fingerprint density at radius 1 is 0.947 bits per heavy atom. The highest BCUT2D eigenvalue weighted by atomic mass is 16.5. The molecule has 2 nitrogen and oxygen atoms in total. The monoisotopic (exact) mass is 255 g/mol. The molecule has 0 N–H and O–H groups in total. The summed E-state index contributed by atoms with van der Waals surface area (Å²) in [5.74, 6) is 1.33. The van der Waals surface area contributed by atoms with Crippen molar-refractivity contribution in [3.8, 4) is 16.9 Å². The lowest BCUT2D eigenvalue weighted by Gasteiger charge is -2.13. The minimum absolute atomic E-state index is 0.204. The van der Waals surface area contributed by atoms with Crippen molar-refractivity contribution in [3.05, 3.63) is 48.3 Å². The van der Waals surface area contributed by atoms with Crippen LogP contribution < -0.4 is 4.74 Å².